The number of ether oxygens (including phenoxy) is 1. The minimum absolute atomic E-state index is 0.0128. The molecule has 1 N–H and O–H groups in total. The zero-order chi connectivity index (χ0) is 12.4. The van der Waals surface area contributed by atoms with Crippen molar-refractivity contribution in [2.75, 3.05) is 33.9 Å². The number of carbonyl (C=O) groups excluding carboxylic acids is 1. The van der Waals surface area contributed by atoms with Crippen LogP contribution in [-0.2, 0) is 4.74 Å². The summed E-state index contributed by atoms with van der Waals surface area (Å²) in [5.74, 6) is 0.744. The molecule has 0 bridgehead atoms. The van der Waals surface area contributed by atoms with Crippen LogP contribution in [0.3, 0.4) is 0 Å². The summed E-state index contributed by atoms with van der Waals surface area (Å²) < 4.78 is 4.99. The minimum Gasteiger partial charge on any atom is -0.383 e. The molecule has 0 fully saturated rings. The SMILES string of the molecule is CCC(C)CCCN(CCOC)C(=O)NC. The van der Waals surface area contributed by atoms with Crippen LogP contribution in [0.15, 0.2) is 0 Å². The van der Waals surface area contributed by atoms with E-state index in [2.05, 4.69) is 19.2 Å². The first kappa shape index (κ1) is 15.2. The van der Waals surface area contributed by atoms with Crippen LogP contribution in [0, 0.1) is 5.92 Å². The summed E-state index contributed by atoms with van der Waals surface area (Å²) in [6, 6.07) is -0.0128. The Bertz CT molecular complexity index is 186. The highest BCUT2D eigenvalue weighted by molar-refractivity contribution is 5.73. The third-order valence-corrected chi connectivity index (χ3v) is 2.89. The number of amides is 2. The Morgan fingerprint density at radius 2 is 2.12 bits per heavy atom. The van der Waals surface area contributed by atoms with Gasteiger partial charge in [0.05, 0.1) is 6.61 Å². The molecule has 0 rings (SSSR count). The Labute approximate surface area is 99.3 Å². The first-order valence-electron chi connectivity index (χ1n) is 6.11. The third-order valence-electron chi connectivity index (χ3n) is 2.89. The van der Waals surface area contributed by atoms with Gasteiger partial charge < -0.3 is 15.0 Å². The second-order valence-electron chi connectivity index (χ2n) is 4.19. The van der Waals surface area contributed by atoms with Gasteiger partial charge in [-0.05, 0) is 18.8 Å². The lowest BCUT2D eigenvalue weighted by molar-refractivity contribution is 0.148. The van der Waals surface area contributed by atoms with Gasteiger partial charge in [0.15, 0.2) is 0 Å². The molecule has 16 heavy (non-hydrogen) atoms. The Balaban J connectivity index is 3.86. The van der Waals surface area contributed by atoms with E-state index in [0.29, 0.717) is 13.2 Å². The molecular weight excluding hydrogens is 204 g/mol. The van der Waals surface area contributed by atoms with Crippen LogP contribution >= 0.6 is 0 Å². The topological polar surface area (TPSA) is 41.6 Å². The van der Waals surface area contributed by atoms with Crippen molar-refractivity contribution in [1.29, 1.82) is 0 Å². The van der Waals surface area contributed by atoms with Crippen molar-refractivity contribution in [1.82, 2.24) is 10.2 Å². The molecule has 0 aliphatic heterocycles. The first-order valence-corrected chi connectivity index (χ1v) is 6.11. The van der Waals surface area contributed by atoms with Gasteiger partial charge in [0, 0.05) is 27.2 Å². The molecule has 0 heterocycles. The minimum atomic E-state index is -0.0128. The van der Waals surface area contributed by atoms with Crippen LogP contribution in [0.2, 0.25) is 0 Å². The van der Waals surface area contributed by atoms with E-state index in [-0.39, 0.29) is 6.03 Å². The summed E-state index contributed by atoms with van der Waals surface area (Å²) in [5, 5.41) is 2.66. The van der Waals surface area contributed by atoms with E-state index in [1.165, 1.54) is 12.8 Å². The molecular formula is C12H26N2O2. The van der Waals surface area contributed by atoms with E-state index in [0.717, 1.165) is 18.9 Å². The summed E-state index contributed by atoms with van der Waals surface area (Å²) in [4.78, 5) is 13.3. The van der Waals surface area contributed by atoms with Crippen molar-refractivity contribution in [2.24, 2.45) is 5.92 Å². The lowest BCUT2D eigenvalue weighted by Crippen LogP contribution is -2.40. The van der Waals surface area contributed by atoms with Gasteiger partial charge in [0.2, 0.25) is 0 Å². The number of nitrogens with one attached hydrogen (secondary N) is 1. The molecule has 0 aromatic rings. The van der Waals surface area contributed by atoms with Crippen molar-refractivity contribution in [3.05, 3.63) is 0 Å². The smallest absolute Gasteiger partial charge is 0.317 e. The highest BCUT2D eigenvalue weighted by atomic mass is 16.5. The van der Waals surface area contributed by atoms with E-state index >= 15 is 0 Å². The van der Waals surface area contributed by atoms with Crippen molar-refractivity contribution in [3.63, 3.8) is 0 Å². The quantitative estimate of drug-likeness (QED) is 0.694. The molecule has 0 aliphatic rings. The number of hydrogen-bond donors (Lipinski definition) is 1. The van der Waals surface area contributed by atoms with Gasteiger partial charge in [0.25, 0.3) is 0 Å². The molecule has 2 amide bonds. The van der Waals surface area contributed by atoms with Crippen LogP contribution in [0.1, 0.15) is 33.1 Å². The standard InChI is InChI=1S/C12H26N2O2/c1-5-11(2)7-6-8-14(9-10-16-4)12(15)13-3/h11H,5-10H2,1-4H3,(H,13,15). The largest absolute Gasteiger partial charge is 0.383 e. The molecule has 0 aromatic heterocycles. The number of hydrogen-bond acceptors (Lipinski definition) is 2. The van der Waals surface area contributed by atoms with Gasteiger partial charge in [0.1, 0.15) is 0 Å². The van der Waals surface area contributed by atoms with Crippen molar-refractivity contribution in [3.8, 4) is 0 Å². The van der Waals surface area contributed by atoms with E-state index in [9.17, 15) is 4.79 Å². The summed E-state index contributed by atoms with van der Waals surface area (Å²) >= 11 is 0. The molecule has 0 spiro atoms. The summed E-state index contributed by atoms with van der Waals surface area (Å²) in [7, 11) is 3.32. The van der Waals surface area contributed by atoms with E-state index in [1.807, 2.05) is 4.90 Å². The number of rotatable bonds is 8. The van der Waals surface area contributed by atoms with Gasteiger partial charge in [-0.3, -0.25) is 0 Å². The van der Waals surface area contributed by atoms with Crippen molar-refractivity contribution < 1.29 is 9.53 Å². The molecule has 0 aliphatic carbocycles. The third kappa shape index (κ3) is 6.67. The average molecular weight is 230 g/mol. The number of carbonyl (C=O) groups is 1. The Hall–Kier alpha value is -0.770. The maximum atomic E-state index is 11.5. The summed E-state index contributed by atoms with van der Waals surface area (Å²) in [6.45, 7) is 6.52. The van der Waals surface area contributed by atoms with Crippen molar-refractivity contribution >= 4 is 6.03 Å². The van der Waals surface area contributed by atoms with Crippen LogP contribution < -0.4 is 5.32 Å². The molecule has 1 atom stereocenters. The second-order valence-corrected chi connectivity index (χ2v) is 4.19. The Morgan fingerprint density at radius 3 is 2.62 bits per heavy atom. The number of nitrogens with zero attached hydrogens (tertiary/aromatic N) is 1. The lowest BCUT2D eigenvalue weighted by atomic mass is 10.0. The zero-order valence-corrected chi connectivity index (χ0v) is 11.1. The molecule has 0 aromatic carbocycles. The maximum absolute atomic E-state index is 11.5. The highest BCUT2D eigenvalue weighted by Gasteiger charge is 2.11. The van der Waals surface area contributed by atoms with Gasteiger partial charge >= 0.3 is 6.03 Å². The Morgan fingerprint density at radius 1 is 1.44 bits per heavy atom. The summed E-state index contributed by atoms with van der Waals surface area (Å²) in [5.41, 5.74) is 0. The fourth-order valence-corrected chi connectivity index (χ4v) is 1.51. The van der Waals surface area contributed by atoms with E-state index < -0.39 is 0 Å². The van der Waals surface area contributed by atoms with Crippen LogP contribution in [-0.4, -0.2) is 44.8 Å². The predicted molar refractivity (Wildman–Crippen MR) is 66.6 cm³/mol. The summed E-state index contributed by atoms with van der Waals surface area (Å²) in [6.07, 6.45) is 3.45. The molecule has 4 heteroatoms. The van der Waals surface area contributed by atoms with Gasteiger partial charge in [-0.25, -0.2) is 4.79 Å². The predicted octanol–water partition coefficient (Wildman–Crippen LogP) is 2.10. The maximum Gasteiger partial charge on any atom is 0.317 e. The van der Waals surface area contributed by atoms with E-state index in [1.54, 1.807) is 14.2 Å². The second kappa shape index (κ2) is 9.46. The molecule has 96 valence electrons. The zero-order valence-electron chi connectivity index (χ0n) is 11.1. The highest BCUT2D eigenvalue weighted by Crippen LogP contribution is 2.09. The van der Waals surface area contributed by atoms with E-state index in [4.69, 9.17) is 4.74 Å². The van der Waals surface area contributed by atoms with Gasteiger partial charge in [-0.2, -0.15) is 0 Å². The lowest BCUT2D eigenvalue weighted by Gasteiger charge is -2.22. The molecule has 1 unspecified atom stereocenters. The van der Waals surface area contributed by atoms with Crippen LogP contribution in [0.5, 0.6) is 0 Å². The number of urea groups is 1. The van der Waals surface area contributed by atoms with Crippen LogP contribution in [0.4, 0.5) is 4.79 Å². The van der Waals surface area contributed by atoms with Crippen LogP contribution in [0.25, 0.3) is 0 Å². The fourth-order valence-electron chi connectivity index (χ4n) is 1.51. The monoisotopic (exact) mass is 230 g/mol. The van der Waals surface area contributed by atoms with Gasteiger partial charge in [-0.1, -0.05) is 20.3 Å². The number of methoxy groups -OCH3 is 1. The molecule has 0 saturated carbocycles. The normalized spacial score (nSPS) is 12.2. The van der Waals surface area contributed by atoms with Gasteiger partial charge in [-0.15, -0.1) is 0 Å². The molecule has 0 saturated heterocycles. The molecule has 4 nitrogen and oxygen atoms in total. The molecule has 0 radical (unpaired) electrons. The fraction of sp³-hybridized carbons (Fsp3) is 0.917. The van der Waals surface area contributed by atoms with Crippen molar-refractivity contribution in [2.45, 2.75) is 33.1 Å². The average Bonchev–Trinajstić information content (AvgIpc) is 2.32. The first-order chi connectivity index (χ1) is 7.65. The Kier molecular flexibility index (Phi) is 9.00.